The van der Waals surface area contributed by atoms with Crippen molar-refractivity contribution in [2.45, 2.75) is 13.5 Å². The number of hydrogen-bond donors (Lipinski definition) is 2. The van der Waals surface area contributed by atoms with Gasteiger partial charge in [0, 0.05) is 12.2 Å². The lowest BCUT2D eigenvalue weighted by Gasteiger charge is -2.11. The Hall–Kier alpha value is -2.36. The Bertz CT molecular complexity index is 594. The maximum Gasteiger partial charge on any atom is 0.336 e. The van der Waals surface area contributed by atoms with E-state index in [1.165, 1.54) is 12.1 Å². The summed E-state index contributed by atoms with van der Waals surface area (Å²) < 4.78 is 12.8. The summed E-state index contributed by atoms with van der Waals surface area (Å²) in [4.78, 5) is 11.0. The molecule has 3 nitrogen and oxygen atoms in total. The van der Waals surface area contributed by atoms with Gasteiger partial charge in [0.1, 0.15) is 5.82 Å². The fourth-order valence-corrected chi connectivity index (χ4v) is 1.86. The lowest BCUT2D eigenvalue weighted by Crippen LogP contribution is -2.05. The molecule has 4 heteroatoms. The summed E-state index contributed by atoms with van der Waals surface area (Å²) in [7, 11) is 0. The topological polar surface area (TPSA) is 49.3 Å². The molecule has 0 fully saturated rings. The second-order valence-corrected chi connectivity index (χ2v) is 4.26. The molecule has 0 unspecified atom stereocenters. The number of aromatic carboxylic acids is 1. The zero-order chi connectivity index (χ0) is 13.8. The van der Waals surface area contributed by atoms with Crippen molar-refractivity contribution in [3.8, 4) is 0 Å². The number of rotatable bonds is 4. The molecule has 0 amide bonds. The van der Waals surface area contributed by atoms with E-state index in [4.69, 9.17) is 5.11 Å². The van der Waals surface area contributed by atoms with Crippen molar-refractivity contribution in [3.05, 3.63) is 65.0 Å². The highest BCUT2D eigenvalue weighted by molar-refractivity contribution is 5.91. The first-order chi connectivity index (χ1) is 9.08. The Morgan fingerprint density at radius 2 is 1.89 bits per heavy atom. The van der Waals surface area contributed by atoms with Gasteiger partial charge in [-0.2, -0.15) is 0 Å². The monoisotopic (exact) mass is 259 g/mol. The van der Waals surface area contributed by atoms with Gasteiger partial charge in [-0.25, -0.2) is 9.18 Å². The number of carbonyl (C=O) groups is 1. The number of benzene rings is 2. The van der Waals surface area contributed by atoms with Crippen LogP contribution in [0.4, 0.5) is 10.1 Å². The minimum absolute atomic E-state index is 0.271. The first-order valence-corrected chi connectivity index (χ1v) is 5.89. The third-order valence-electron chi connectivity index (χ3n) is 2.96. The molecule has 0 heterocycles. The largest absolute Gasteiger partial charge is 0.478 e. The molecule has 0 atom stereocenters. The van der Waals surface area contributed by atoms with Crippen LogP contribution in [-0.4, -0.2) is 11.1 Å². The Morgan fingerprint density at radius 3 is 2.53 bits per heavy atom. The zero-order valence-corrected chi connectivity index (χ0v) is 10.5. The molecule has 0 saturated carbocycles. The predicted molar refractivity (Wildman–Crippen MR) is 71.9 cm³/mol. The van der Waals surface area contributed by atoms with E-state index in [0.29, 0.717) is 12.1 Å². The second kappa shape index (κ2) is 5.52. The molecule has 2 aromatic carbocycles. The van der Waals surface area contributed by atoms with Gasteiger partial charge in [0.25, 0.3) is 0 Å². The zero-order valence-electron chi connectivity index (χ0n) is 10.5. The molecule has 0 spiro atoms. The smallest absolute Gasteiger partial charge is 0.336 e. The van der Waals surface area contributed by atoms with E-state index in [9.17, 15) is 9.18 Å². The molecule has 0 aliphatic heterocycles. The van der Waals surface area contributed by atoms with Crippen LogP contribution in [0, 0.1) is 12.7 Å². The van der Waals surface area contributed by atoms with Crippen LogP contribution in [0.25, 0.3) is 0 Å². The normalized spacial score (nSPS) is 10.2. The van der Waals surface area contributed by atoms with Crippen LogP contribution in [0.3, 0.4) is 0 Å². The van der Waals surface area contributed by atoms with Crippen molar-refractivity contribution in [3.63, 3.8) is 0 Å². The summed E-state index contributed by atoms with van der Waals surface area (Å²) >= 11 is 0. The minimum atomic E-state index is -0.942. The second-order valence-electron chi connectivity index (χ2n) is 4.26. The lowest BCUT2D eigenvalue weighted by atomic mass is 10.1. The van der Waals surface area contributed by atoms with Gasteiger partial charge >= 0.3 is 5.97 Å². The maximum absolute atomic E-state index is 12.8. The molecular weight excluding hydrogens is 245 g/mol. The Kier molecular flexibility index (Phi) is 3.80. The van der Waals surface area contributed by atoms with Crippen molar-refractivity contribution in [2.75, 3.05) is 5.32 Å². The van der Waals surface area contributed by atoms with Crippen molar-refractivity contribution >= 4 is 11.7 Å². The molecule has 0 radical (unpaired) electrons. The molecule has 2 aromatic rings. The number of halogens is 1. The van der Waals surface area contributed by atoms with E-state index in [0.717, 1.165) is 11.3 Å². The first-order valence-electron chi connectivity index (χ1n) is 5.89. The molecule has 0 aliphatic carbocycles. The van der Waals surface area contributed by atoms with E-state index in [1.54, 1.807) is 31.2 Å². The van der Waals surface area contributed by atoms with Crippen LogP contribution < -0.4 is 5.32 Å². The number of carboxylic acid groups (broad SMARTS) is 1. The Labute approximate surface area is 110 Å². The molecule has 2 N–H and O–H groups in total. The van der Waals surface area contributed by atoms with Gasteiger partial charge in [-0.3, -0.25) is 0 Å². The highest BCUT2D eigenvalue weighted by Gasteiger charge is 2.09. The average Bonchev–Trinajstić information content (AvgIpc) is 2.39. The summed E-state index contributed by atoms with van der Waals surface area (Å²) in [6.45, 7) is 2.28. The van der Waals surface area contributed by atoms with Gasteiger partial charge in [-0.15, -0.1) is 0 Å². The van der Waals surface area contributed by atoms with E-state index < -0.39 is 5.97 Å². The Balaban J connectivity index is 2.13. The van der Waals surface area contributed by atoms with Crippen LogP contribution in [-0.2, 0) is 6.54 Å². The van der Waals surface area contributed by atoms with Gasteiger partial charge in [0.2, 0.25) is 0 Å². The summed E-state index contributed by atoms with van der Waals surface area (Å²) in [6.07, 6.45) is 0. The molecule has 0 saturated heterocycles. The third kappa shape index (κ3) is 3.10. The van der Waals surface area contributed by atoms with Gasteiger partial charge in [0.05, 0.1) is 5.56 Å². The van der Waals surface area contributed by atoms with Gasteiger partial charge in [0.15, 0.2) is 0 Å². The Morgan fingerprint density at radius 1 is 1.21 bits per heavy atom. The van der Waals surface area contributed by atoms with Crippen LogP contribution >= 0.6 is 0 Å². The summed E-state index contributed by atoms with van der Waals surface area (Å²) in [6, 6.07) is 11.3. The number of nitrogens with one attached hydrogen (secondary N) is 1. The van der Waals surface area contributed by atoms with Crippen molar-refractivity contribution in [1.29, 1.82) is 0 Å². The van der Waals surface area contributed by atoms with Gasteiger partial charge in [-0.1, -0.05) is 18.2 Å². The first kappa shape index (κ1) is 13.1. The summed E-state index contributed by atoms with van der Waals surface area (Å²) in [5, 5.41) is 12.2. The SMILES string of the molecule is Cc1c(NCc2ccc(F)cc2)cccc1C(=O)O. The van der Waals surface area contributed by atoms with Gasteiger partial charge < -0.3 is 10.4 Å². The van der Waals surface area contributed by atoms with Crippen LogP contribution in [0.1, 0.15) is 21.5 Å². The fraction of sp³-hybridized carbons (Fsp3) is 0.133. The van der Waals surface area contributed by atoms with E-state index in [1.807, 2.05) is 6.07 Å². The predicted octanol–water partition coefficient (Wildman–Crippen LogP) is 3.44. The highest BCUT2D eigenvalue weighted by atomic mass is 19.1. The lowest BCUT2D eigenvalue weighted by molar-refractivity contribution is 0.0696. The molecule has 0 aliphatic rings. The molecule has 19 heavy (non-hydrogen) atoms. The van der Waals surface area contributed by atoms with Crippen molar-refractivity contribution in [1.82, 2.24) is 0 Å². The fourth-order valence-electron chi connectivity index (χ4n) is 1.86. The minimum Gasteiger partial charge on any atom is -0.478 e. The van der Waals surface area contributed by atoms with Crippen LogP contribution in [0.5, 0.6) is 0 Å². The van der Waals surface area contributed by atoms with Crippen molar-refractivity contribution in [2.24, 2.45) is 0 Å². The molecule has 0 aromatic heterocycles. The average molecular weight is 259 g/mol. The standard InChI is InChI=1S/C15H14FNO2/c1-10-13(15(18)19)3-2-4-14(10)17-9-11-5-7-12(16)8-6-11/h2-8,17H,9H2,1H3,(H,18,19). The van der Waals surface area contributed by atoms with E-state index in [-0.39, 0.29) is 11.4 Å². The van der Waals surface area contributed by atoms with Crippen molar-refractivity contribution < 1.29 is 14.3 Å². The summed E-state index contributed by atoms with van der Waals surface area (Å²) in [5.41, 5.74) is 2.67. The highest BCUT2D eigenvalue weighted by Crippen LogP contribution is 2.19. The number of hydrogen-bond acceptors (Lipinski definition) is 2. The third-order valence-corrected chi connectivity index (χ3v) is 2.96. The summed E-state index contributed by atoms with van der Waals surface area (Å²) in [5.74, 6) is -1.21. The van der Waals surface area contributed by atoms with Gasteiger partial charge in [-0.05, 0) is 42.3 Å². The van der Waals surface area contributed by atoms with Crippen LogP contribution in [0.2, 0.25) is 0 Å². The maximum atomic E-state index is 12.8. The molecular formula is C15H14FNO2. The van der Waals surface area contributed by atoms with Crippen LogP contribution in [0.15, 0.2) is 42.5 Å². The van der Waals surface area contributed by atoms with E-state index >= 15 is 0 Å². The van der Waals surface area contributed by atoms with E-state index in [2.05, 4.69) is 5.32 Å². The quantitative estimate of drug-likeness (QED) is 0.884. The molecule has 98 valence electrons. The number of carboxylic acids is 1. The molecule has 2 rings (SSSR count). The number of anilines is 1. The molecule has 0 bridgehead atoms.